The third-order valence-corrected chi connectivity index (χ3v) is 3.50. The van der Waals surface area contributed by atoms with E-state index in [4.69, 9.17) is 0 Å². The zero-order valence-electron chi connectivity index (χ0n) is 11.9. The van der Waals surface area contributed by atoms with E-state index in [2.05, 4.69) is 15.3 Å². The third kappa shape index (κ3) is 4.22. The minimum Gasteiger partial charge on any atom is -0.394 e. The molecule has 1 aliphatic heterocycles. The first-order chi connectivity index (χ1) is 10.2. The second-order valence-corrected chi connectivity index (χ2v) is 5.04. The second kappa shape index (κ2) is 7.68. The smallest absolute Gasteiger partial charge is 0.272 e. The minimum atomic E-state index is -0.933. The second-order valence-electron chi connectivity index (χ2n) is 5.04. The van der Waals surface area contributed by atoms with Gasteiger partial charge in [0, 0.05) is 25.5 Å². The molecule has 1 atom stereocenters. The molecule has 7 nitrogen and oxygen atoms in total. The highest BCUT2D eigenvalue weighted by Gasteiger charge is 2.26. The van der Waals surface area contributed by atoms with Crippen molar-refractivity contribution in [2.45, 2.75) is 31.7 Å². The van der Waals surface area contributed by atoms with Gasteiger partial charge >= 0.3 is 0 Å². The van der Waals surface area contributed by atoms with Gasteiger partial charge in [0.15, 0.2) is 0 Å². The Kier molecular flexibility index (Phi) is 5.62. The minimum absolute atomic E-state index is 0.125. The molecule has 114 valence electrons. The summed E-state index contributed by atoms with van der Waals surface area (Å²) in [6.45, 7) is 0.925. The predicted molar refractivity (Wildman–Crippen MR) is 75.4 cm³/mol. The largest absolute Gasteiger partial charge is 0.394 e. The molecule has 21 heavy (non-hydrogen) atoms. The summed E-state index contributed by atoms with van der Waals surface area (Å²) in [6, 6.07) is -0.933. The van der Waals surface area contributed by atoms with Crippen LogP contribution >= 0.6 is 0 Å². The third-order valence-electron chi connectivity index (χ3n) is 3.50. The molecule has 2 heterocycles. The van der Waals surface area contributed by atoms with Gasteiger partial charge in [-0.25, -0.2) is 4.98 Å². The van der Waals surface area contributed by atoms with Crippen molar-refractivity contribution in [2.75, 3.05) is 19.7 Å². The summed E-state index contributed by atoms with van der Waals surface area (Å²) in [6.07, 6.45) is 8.32. The maximum atomic E-state index is 12.4. The van der Waals surface area contributed by atoms with Gasteiger partial charge in [-0.2, -0.15) is 0 Å². The molecule has 0 aromatic carbocycles. The van der Waals surface area contributed by atoms with Crippen molar-refractivity contribution in [3.63, 3.8) is 0 Å². The SMILES string of the molecule is O=C(NC(CO)C(=O)N1CCCCCC1)c1cnccn1. The number of amides is 2. The summed E-state index contributed by atoms with van der Waals surface area (Å²) >= 11 is 0. The van der Waals surface area contributed by atoms with Crippen LogP contribution in [0.3, 0.4) is 0 Å². The molecule has 2 N–H and O–H groups in total. The molecule has 1 aromatic heterocycles. The summed E-state index contributed by atoms with van der Waals surface area (Å²) in [7, 11) is 0. The Balaban J connectivity index is 1.98. The molecule has 1 unspecified atom stereocenters. The van der Waals surface area contributed by atoms with E-state index in [1.54, 1.807) is 4.90 Å². The van der Waals surface area contributed by atoms with Crippen molar-refractivity contribution in [3.8, 4) is 0 Å². The van der Waals surface area contributed by atoms with E-state index < -0.39 is 18.6 Å². The average molecular weight is 292 g/mol. The van der Waals surface area contributed by atoms with Crippen LogP contribution in [0.5, 0.6) is 0 Å². The van der Waals surface area contributed by atoms with Crippen molar-refractivity contribution in [2.24, 2.45) is 0 Å². The van der Waals surface area contributed by atoms with Crippen LogP contribution in [-0.4, -0.2) is 57.5 Å². The Morgan fingerprint density at radius 1 is 1.24 bits per heavy atom. The van der Waals surface area contributed by atoms with Crippen molar-refractivity contribution in [3.05, 3.63) is 24.3 Å². The zero-order chi connectivity index (χ0) is 15.1. The van der Waals surface area contributed by atoms with Crippen molar-refractivity contribution in [1.29, 1.82) is 0 Å². The van der Waals surface area contributed by atoms with Crippen LogP contribution in [0.2, 0.25) is 0 Å². The Bertz CT molecular complexity index is 472. The molecular formula is C14H20N4O3. The molecule has 2 rings (SSSR count). The van der Waals surface area contributed by atoms with E-state index in [1.165, 1.54) is 18.6 Å². The highest BCUT2D eigenvalue weighted by Crippen LogP contribution is 2.11. The number of hydrogen-bond donors (Lipinski definition) is 2. The fraction of sp³-hybridized carbons (Fsp3) is 0.571. The van der Waals surface area contributed by atoms with Gasteiger partial charge in [0.2, 0.25) is 5.91 Å². The number of rotatable bonds is 4. The molecule has 1 fully saturated rings. The quantitative estimate of drug-likeness (QED) is 0.812. The van der Waals surface area contributed by atoms with Crippen LogP contribution in [-0.2, 0) is 4.79 Å². The molecule has 0 spiro atoms. The average Bonchev–Trinajstić information content (AvgIpc) is 2.81. The Labute approximate surface area is 123 Å². The van der Waals surface area contributed by atoms with Gasteiger partial charge in [0.1, 0.15) is 11.7 Å². The number of aromatic nitrogens is 2. The molecule has 7 heteroatoms. The van der Waals surface area contributed by atoms with Crippen molar-refractivity contribution in [1.82, 2.24) is 20.2 Å². The molecule has 1 aromatic rings. The van der Waals surface area contributed by atoms with Gasteiger partial charge in [-0.3, -0.25) is 14.6 Å². The fourth-order valence-corrected chi connectivity index (χ4v) is 2.35. The molecule has 0 radical (unpaired) electrons. The zero-order valence-corrected chi connectivity index (χ0v) is 11.9. The fourth-order valence-electron chi connectivity index (χ4n) is 2.35. The van der Waals surface area contributed by atoms with E-state index >= 15 is 0 Å². The summed E-state index contributed by atoms with van der Waals surface area (Å²) < 4.78 is 0. The highest BCUT2D eigenvalue weighted by molar-refractivity contribution is 5.95. The lowest BCUT2D eigenvalue weighted by Gasteiger charge is -2.25. The van der Waals surface area contributed by atoms with Gasteiger partial charge < -0.3 is 15.3 Å². The van der Waals surface area contributed by atoms with Gasteiger partial charge in [0.05, 0.1) is 12.8 Å². The molecule has 0 saturated carbocycles. The van der Waals surface area contributed by atoms with Crippen LogP contribution in [0.4, 0.5) is 0 Å². The van der Waals surface area contributed by atoms with Gasteiger partial charge in [0.25, 0.3) is 5.91 Å². The summed E-state index contributed by atoms with van der Waals surface area (Å²) in [5.74, 6) is -0.748. The Morgan fingerprint density at radius 2 is 1.95 bits per heavy atom. The lowest BCUT2D eigenvalue weighted by Crippen LogP contribution is -2.50. The van der Waals surface area contributed by atoms with Crippen LogP contribution < -0.4 is 5.32 Å². The van der Waals surface area contributed by atoms with Crippen LogP contribution in [0.1, 0.15) is 36.2 Å². The monoisotopic (exact) mass is 292 g/mol. The molecule has 0 aliphatic carbocycles. The normalized spacial score (nSPS) is 16.9. The number of carbonyl (C=O) groups is 2. The van der Waals surface area contributed by atoms with E-state index in [1.807, 2.05) is 0 Å². The number of likely N-dealkylation sites (tertiary alicyclic amines) is 1. The summed E-state index contributed by atoms with van der Waals surface area (Å²) in [4.78, 5) is 33.7. The number of nitrogens with one attached hydrogen (secondary N) is 1. The summed E-state index contributed by atoms with van der Waals surface area (Å²) in [5.41, 5.74) is 0.125. The number of aliphatic hydroxyl groups is 1. The first-order valence-corrected chi connectivity index (χ1v) is 7.19. The van der Waals surface area contributed by atoms with E-state index in [-0.39, 0.29) is 11.6 Å². The standard InChI is InChI=1S/C14H20N4O3/c19-10-12(14(21)18-7-3-1-2-4-8-18)17-13(20)11-9-15-5-6-16-11/h5-6,9,12,19H,1-4,7-8,10H2,(H,17,20). The number of aliphatic hydroxyl groups excluding tert-OH is 1. The van der Waals surface area contributed by atoms with Crippen molar-refractivity contribution >= 4 is 11.8 Å². The first kappa shape index (κ1) is 15.4. The Morgan fingerprint density at radius 3 is 2.52 bits per heavy atom. The van der Waals surface area contributed by atoms with Gasteiger partial charge in [-0.05, 0) is 12.8 Å². The predicted octanol–water partition coefficient (Wildman–Crippen LogP) is -0.0301. The maximum Gasteiger partial charge on any atom is 0.272 e. The summed E-state index contributed by atoms with van der Waals surface area (Å²) in [5, 5.41) is 11.9. The topological polar surface area (TPSA) is 95.4 Å². The van der Waals surface area contributed by atoms with Crippen molar-refractivity contribution < 1.29 is 14.7 Å². The highest BCUT2D eigenvalue weighted by atomic mass is 16.3. The molecular weight excluding hydrogens is 272 g/mol. The number of hydrogen-bond acceptors (Lipinski definition) is 5. The van der Waals surface area contributed by atoms with Gasteiger partial charge in [-0.15, -0.1) is 0 Å². The lowest BCUT2D eigenvalue weighted by molar-refractivity contribution is -0.134. The molecule has 1 saturated heterocycles. The molecule has 1 aliphatic rings. The Hall–Kier alpha value is -2.02. The van der Waals surface area contributed by atoms with Crippen LogP contribution in [0.15, 0.2) is 18.6 Å². The first-order valence-electron chi connectivity index (χ1n) is 7.19. The van der Waals surface area contributed by atoms with E-state index in [0.29, 0.717) is 13.1 Å². The van der Waals surface area contributed by atoms with Crippen LogP contribution in [0.25, 0.3) is 0 Å². The van der Waals surface area contributed by atoms with E-state index in [9.17, 15) is 14.7 Å². The maximum absolute atomic E-state index is 12.4. The molecule has 0 bridgehead atoms. The number of nitrogens with zero attached hydrogens (tertiary/aromatic N) is 3. The number of carbonyl (C=O) groups excluding carboxylic acids is 2. The van der Waals surface area contributed by atoms with Gasteiger partial charge in [-0.1, -0.05) is 12.8 Å². The van der Waals surface area contributed by atoms with E-state index in [0.717, 1.165) is 25.7 Å². The lowest BCUT2D eigenvalue weighted by atomic mass is 10.2. The molecule has 2 amide bonds. The van der Waals surface area contributed by atoms with Crippen LogP contribution in [0, 0.1) is 0 Å².